The quantitative estimate of drug-likeness (QED) is 0.428. The van der Waals surface area contributed by atoms with Crippen LogP contribution in [0.3, 0.4) is 0 Å². The zero-order valence-corrected chi connectivity index (χ0v) is 12.0. The molecule has 0 heterocycles. The molecule has 20 heavy (non-hydrogen) atoms. The summed E-state index contributed by atoms with van der Waals surface area (Å²) in [5.74, 6) is -1.37. The number of ether oxygens (including phenoxy) is 1. The zero-order valence-electron chi connectivity index (χ0n) is 12.0. The van der Waals surface area contributed by atoms with Gasteiger partial charge in [0.25, 0.3) is 0 Å². The van der Waals surface area contributed by atoms with Crippen molar-refractivity contribution in [1.82, 2.24) is 15.5 Å². The van der Waals surface area contributed by atoms with Crippen molar-refractivity contribution >= 4 is 12.0 Å². The van der Waals surface area contributed by atoms with E-state index < -0.39 is 11.9 Å². The Morgan fingerprint density at radius 3 is 2.70 bits per heavy atom. The largest absolute Gasteiger partial charge is 0.481 e. The van der Waals surface area contributed by atoms with E-state index in [0.717, 1.165) is 6.54 Å². The Hall–Kier alpha value is -1.60. The van der Waals surface area contributed by atoms with Crippen LogP contribution in [0.1, 0.15) is 6.42 Å². The molecule has 2 atom stereocenters. The summed E-state index contributed by atoms with van der Waals surface area (Å²) in [6, 6.07) is -0.521. The van der Waals surface area contributed by atoms with Crippen LogP contribution in [-0.4, -0.2) is 68.4 Å². The highest BCUT2D eigenvalue weighted by atomic mass is 16.5. The van der Waals surface area contributed by atoms with Gasteiger partial charge in [-0.15, -0.1) is 0 Å². The third-order valence-electron chi connectivity index (χ3n) is 2.93. The number of rotatable bonds is 8. The summed E-state index contributed by atoms with van der Waals surface area (Å²) in [6.07, 6.45) is 3.73. The molecule has 0 aromatic heterocycles. The fourth-order valence-electron chi connectivity index (χ4n) is 1.79. The first kappa shape index (κ1) is 16.5. The van der Waals surface area contributed by atoms with Crippen LogP contribution in [0.15, 0.2) is 12.2 Å². The molecule has 114 valence electrons. The van der Waals surface area contributed by atoms with Crippen molar-refractivity contribution in [2.75, 3.05) is 40.4 Å². The van der Waals surface area contributed by atoms with Crippen molar-refractivity contribution in [3.05, 3.63) is 12.2 Å². The van der Waals surface area contributed by atoms with Gasteiger partial charge in [-0.05, 0) is 20.5 Å². The first-order valence-electron chi connectivity index (χ1n) is 6.67. The average Bonchev–Trinajstić information content (AvgIpc) is 2.81. The topological polar surface area (TPSA) is 90.9 Å². The minimum absolute atomic E-state index is 0.217. The molecule has 0 saturated carbocycles. The van der Waals surface area contributed by atoms with Crippen molar-refractivity contribution in [2.24, 2.45) is 5.92 Å². The Labute approximate surface area is 119 Å². The van der Waals surface area contributed by atoms with E-state index in [0.29, 0.717) is 26.2 Å². The van der Waals surface area contributed by atoms with Crippen molar-refractivity contribution in [3.8, 4) is 0 Å². The number of nitrogens with one attached hydrogen (secondary N) is 2. The number of nitrogens with zero attached hydrogens (tertiary/aromatic N) is 1. The van der Waals surface area contributed by atoms with E-state index in [4.69, 9.17) is 9.84 Å². The number of likely N-dealkylation sites (N-methyl/N-ethyl adjacent to an activating group) is 1. The molecule has 0 spiro atoms. The zero-order chi connectivity index (χ0) is 15.0. The predicted octanol–water partition coefficient (Wildman–Crippen LogP) is -0.107. The van der Waals surface area contributed by atoms with E-state index >= 15 is 0 Å². The third kappa shape index (κ3) is 6.53. The molecule has 0 aromatic carbocycles. The van der Waals surface area contributed by atoms with E-state index in [2.05, 4.69) is 10.6 Å². The lowest BCUT2D eigenvalue weighted by Gasteiger charge is -2.13. The van der Waals surface area contributed by atoms with Gasteiger partial charge in [0.05, 0.1) is 25.2 Å². The predicted molar refractivity (Wildman–Crippen MR) is 74.6 cm³/mol. The van der Waals surface area contributed by atoms with Crippen LogP contribution in [-0.2, 0) is 9.53 Å². The highest BCUT2D eigenvalue weighted by molar-refractivity contribution is 5.76. The van der Waals surface area contributed by atoms with Gasteiger partial charge in [-0.1, -0.05) is 12.2 Å². The summed E-state index contributed by atoms with van der Waals surface area (Å²) < 4.78 is 5.34. The summed E-state index contributed by atoms with van der Waals surface area (Å²) in [6.45, 7) is 2.36. The van der Waals surface area contributed by atoms with Crippen LogP contribution in [0.5, 0.6) is 0 Å². The van der Waals surface area contributed by atoms with E-state index in [-0.39, 0.29) is 12.1 Å². The SMILES string of the molecule is CN(C)CCOCCNC(=O)NC1C=CC(C(=O)O)C1. The minimum Gasteiger partial charge on any atom is -0.481 e. The van der Waals surface area contributed by atoms with Gasteiger partial charge in [0.1, 0.15) is 0 Å². The second kappa shape index (κ2) is 8.55. The molecule has 3 N–H and O–H groups in total. The number of hydrogen-bond acceptors (Lipinski definition) is 4. The fraction of sp³-hybridized carbons (Fsp3) is 0.692. The maximum absolute atomic E-state index is 11.5. The van der Waals surface area contributed by atoms with Gasteiger partial charge in [-0.25, -0.2) is 4.79 Å². The summed E-state index contributed by atoms with van der Waals surface area (Å²) in [7, 11) is 3.93. The van der Waals surface area contributed by atoms with Crippen molar-refractivity contribution in [1.29, 1.82) is 0 Å². The monoisotopic (exact) mass is 285 g/mol. The standard InChI is InChI=1S/C13H23N3O4/c1-16(2)6-8-20-7-5-14-13(19)15-11-4-3-10(9-11)12(17)18/h3-4,10-11H,5-9H2,1-2H3,(H,17,18)(H2,14,15,19). The smallest absolute Gasteiger partial charge is 0.315 e. The molecule has 0 radical (unpaired) electrons. The molecule has 0 fully saturated rings. The number of carbonyl (C=O) groups excluding carboxylic acids is 1. The second-order valence-electron chi connectivity index (χ2n) is 4.99. The average molecular weight is 285 g/mol. The summed E-state index contributed by atoms with van der Waals surface area (Å²) in [5, 5.41) is 14.2. The van der Waals surface area contributed by atoms with Crippen molar-refractivity contribution < 1.29 is 19.4 Å². The van der Waals surface area contributed by atoms with Crippen LogP contribution < -0.4 is 10.6 Å². The number of carbonyl (C=O) groups is 2. The number of urea groups is 1. The Morgan fingerprint density at radius 1 is 1.35 bits per heavy atom. The van der Waals surface area contributed by atoms with Crippen LogP contribution in [0.2, 0.25) is 0 Å². The van der Waals surface area contributed by atoms with Gasteiger partial charge in [0, 0.05) is 13.1 Å². The first-order valence-corrected chi connectivity index (χ1v) is 6.67. The number of carboxylic acids is 1. The first-order chi connectivity index (χ1) is 9.49. The molecular weight excluding hydrogens is 262 g/mol. The Bertz CT molecular complexity index is 358. The lowest BCUT2D eigenvalue weighted by molar-refractivity contribution is -0.140. The van der Waals surface area contributed by atoms with Crippen molar-refractivity contribution in [3.63, 3.8) is 0 Å². The molecule has 0 aliphatic heterocycles. The van der Waals surface area contributed by atoms with E-state index in [1.165, 1.54) is 0 Å². The molecule has 0 bridgehead atoms. The molecular formula is C13H23N3O4. The molecule has 7 heteroatoms. The molecule has 7 nitrogen and oxygen atoms in total. The van der Waals surface area contributed by atoms with Crippen molar-refractivity contribution in [2.45, 2.75) is 12.5 Å². The molecule has 1 aliphatic rings. The van der Waals surface area contributed by atoms with E-state index in [1.54, 1.807) is 12.2 Å². The van der Waals surface area contributed by atoms with Crippen LogP contribution in [0.4, 0.5) is 4.79 Å². The lowest BCUT2D eigenvalue weighted by Crippen LogP contribution is -2.42. The summed E-state index contributed by atoms with van der Waals surface area (Å²) in [4.78, 5) is 24.3. The van der Waals surface area contributed by atoms with Gasteiger partial charge in [-0.3, -0.25) is 4.79 Å². The second-order valence-corrected chi connectivity index (χ2v) is 4.99. The Morgan fingerprint density at radius 2 is 2.10 bits per heavy atom. The third-order valence-corrected chi connectivity index (χ3v) is 2.93. The van der Waals surface area contributed by atoms with Gasteiger partial charge in [0.2, 0.25) is 0 Å². The molecule has 0 saturated heterocycles. The van der Waals surface area contributed by atoms with E-state index in [9.17, 15) is 9.59 Å². The summed E-state index contributed by atoms with van der Waals surface area (Å²) >= 11 is 0. The minimum atomic E-state index is -0.861. The highest BCUT2D eigenvalue weighted by Gasteiger charge is 2.25. The van der Waals surface area contributed by atoms with Gasteiger partial charge in [-0.2, -0.15) is 0 Å². The Kier molecular flexibility index (Phi) is 7.03. The maximum atomic E-state index is 11.5. The van der Waals surface area contributed by atoms with Gasteiger partial charge < -0.3 is 25.4 Å². The normalized spacial score (nSPS) is 21.1. The molecule has 1 rings (SSSR count). The Balaban J connectivity index is 2.04. The number of amides is 2. The lowest BCUT2D eigenvalue weighted by atomic mass is 10.1. The molecule has 0 aromatic rings. The van der Waals surface area contributed by atoms with Crippen LogP contribution >= 0.6 is 0 Å². The maximum Gasteiger partial charge on any atom is 0.315 e. The van der Waals surface area contributed by atoms with Gasteiger partial charge in [0.15, 0.2) is 0 Å². The molecule has 1 aliphatic carbocycles. The van der Waals surface area contributed by atoms with Gasteiger partial charge >= 0.3 is 12.0 Å². The fourth-order valence-corrected chi connectivity index (χ4v) is 1.79. The van der Waals surface area contributed by atoms with Crippen LogP contribution in [0, 0.1) is 5.92 Å². The number of aliphatic carboxylic acids is 1. The van der Waals surface area contributed by atoms with E-state index in [1.807, 2.05) is 19.0 Å². The molecule has 2 amide bonds. The van der Waals surface area contributed by atoms with Crippen LogP contribution in [0.25, 0.3) is 0 Å². The number of carboxylic acid groups (broad SMARTS) is 1. The highest BCUT2D eigenvalue weighted by Crippen LogP contribution is 2.17. The summed E-state index contributed by atoms with van der Waals surface area (Å²) in [5.41, 5.74) is 0. The molecule has 2 unspecified atom stereocenters. The number of hydrogen-bond donors (Lipinski definition) is 3.